The number of amides is 1. The highest BCUT2D eigenvalue weighted by Crippen LogP contribution is 2.32. The van der Waals surface area contributed by atoms with Gasteiger partial charge >= 0.3 is 0 Å². The van der Waals surface area contributed by atoms with E-state index in [9.17, 15) is 4.79 Å². The number of fused-ring (bicyclic) bond motifs is 1. The van der Waals surface area contributed by atoms with E-state index < -0.39 is 0 Å². The number of benzene rings is 2. The second-order valence-corrected chi connectivity index (χ2v) is 5.90. The molecule has 1 aliphatic heterocycles. The maximum absolute atomic E-state index is 12.2. The van der Waals surface area contributed by atoms with E-state index in [1.54, 1.807) is 6.08 Å². The predicted octanol–water partition coefficient (Wildman–Crippen LogP) is 4.35. The molecule has 4 nitrogen and oxygen atoms in total. The number of nitrogens with one attached hydrogen (secondary N) is 1. The Morgan fingerprint density at radius 1 is 1.21 bits per heavy atom. The quantitative estimate of drug-likeness (QED) is 0.821. The summed E-state index contributed by atoms with van der Waals surface area (Å²) < 4.78 is 10.6. The lowest BCUT2D eigenvalue weighted by Gasteiger charge is -2.16. The van der Waals surface area contributed by atoms with E-state index in [1.807, 2.05) is 49.4 Å². The van der Waals surface area contributed by atoms with Gasteiger partial charge in [-0.05, 0) is 47.9 Å². The summed E-state index contributed by atoms with van der Waals surface area (Å²) in [4.78, 5) is 12.2. The van der Waals surface area contributed by atoms with E-state index in [1.165, 1.54) is 6.08 Å². The molecule has 1 atom stereocenters. The van der Waals surface area contributed by atoms with Gasteiger partial charge in [0.2, 0.25) is 12.7 Å². The molecule has 0 spiro atoms. The van der Waals surface area contributed by atoms with Crippen LogP contribution in [-0.4, -0.2) is 12.7 Å². The van der Waals surface area contributed by atoms with Crippen molar-refractivity contribution in [1.29, 1.82) is 0 Å². The Bertz CT molecular complexity index is 756. The average molecular weight is 344 g/mol. The maximum atomic E-state index is 12.2. The van der Waals surface area contributed by atoms with Crippen LogP contribution < -0.4 is 14.8 Å². The number of ether oxygens (including phenoxy) is 2. The highest BCUT2D eigenvalue weighted by Gasteiger charge is 2.13. The third kappa shape index (κ3) is 3.89. The largest absolute Gasteiger partial charge is 0.454 e. The molecular weight excluding hydrogens is 326 g/mol. The number of carbonyl (C=O) groups is 1. The monoisotopic (exact) mass is 343 g/mol. The van der Waals surface area contributed by atoms with Crippen molar-refractivity contribution < 1.29 is 14.3 Å². The molecule has 0 radical (unpaired) electrons. The fraction of sp³-hybridized carbons (Fsp3) is 0.211. The molecule has 5 heteroatoms. The summed E-state index contributed by atoms with van der Waals surface area (Å²) in [5.74, 6) is 1.28. The van der Waals surface area contributed by atoms with Crippen LogP contribution in [0, 0.1) is 0 Å². The minimum Gasteiger partial charge on any atom is -0.454 e. The van der Waals surface area contributed by atoms with Crippen molar-refractivity contribution in [3.8, 4) is 11.5 Å². The first kappa shape index (κ1) is 16.4. The van der Waals surface area contributed by atoms with Crippen molar-refractivity contribution in [3.05, 3.63) is 64.7 Å². The molecule has 0 saturated carbocycles. The van der Waals surface area contributed by atoms with Gasteiger partial charge in [0.05, 0.1) is 6.04 Å². The molecule has 2 aromatic carbocycles. The zero-order chi connectivity index (χ0) is 16.9. The summed E-state index contributed by atoms with van der Waals surface area (Å²) in [5.41, 5.74) is 1.92. The van der Waals surface area contributed by atoms with Crippen molar-refractivity contribution in [1.82, 2.24) is 5.32 Å². The lowest BCUT2D eigenvalue weighted by molar-refractivity contribution is -0.117. The number of halogens is 1. The average Bonchev–Trinajstić information content (AvgIpc) is 3.06. The molecule has 24 heavy (non-hydrogen) atoms. The van der Waals surface area contributed by atoms with E-state index in [-0.39, 0.29) is 18.7 Å². The highest BCUT2D eigenvalue weighted by atomic mass is 35.5. The molecule has 0 aliphatic carbocycles. The lowest BCUT2D eigenvalue weighted by Crippen LogP contribution is -2.26. The van der Waals surface area contributed by atoms with Crippen LogP contribution in [-0.2, 0) is 4.79 Å². The molecule has 1 unspecified atom stereocenters. The van der Waals surface area contributed by atoms with Crippen LogP contribution in [0.4, 0.5) is 0 Å². The normalized spacial score (nSPS) is 13.9. The van der Waals surface area contributed by atoms with Gasteiger partial charge in [-0.1, -0.05) is 36.7 Å². The summed E-state index contributed by atoms with van der Waals surface area (Å²) in [6, 6.07) is 13.0. The Morgan fingerprint density at radius 3 is 2.71 bits per heavy atom. The van der Waals surface area contributed by atoms with Gasteiger partial charge in [-0.25, -0.2) is 0 Å². The number of rotatable bonds is 5. The standard InChI is InChI=1S/C19H18ClNO3/c1-2-16(14-5-7-15(20)8-6-14)21-19(22)10-4-13-3-9-17-18(11-13)24-12-23-17/h3-11,16H,2,12H2,1H3,(H,21,22)/b10-4+. The Morgan fingerprint density at radius 2 is 1.96 bits per heavy atom. The molecule has 1 heterocycles. The summed E-state index contributed by atoms with van der Waals surface area (Å²) >= 11 is 5.91. The van der Waals surface area contributed by atoms with Crippen molar-refractivity contribution in [2.75, 3.05) is 6.79 Å². The first-order valence-electron chi connectivity index (χ1n) is 7.79. The van der Waals surface area contributed by atoms with Crippen LogP contribution in [0.3, 0.4) is 0 Å². The second kappa shape index (κ2) is 7.41. The molecule has 1 amide bonds. The van der Waals surface area contributed by atoms with Crippen LogP contribution >= 0.6 is 11.6 Å². The minimum atomic E-state index is -0.144. The van der Waals surface area contributed by atoms with Crippen molar-refractivity contribution in [2.24, 2.45) is 0 Å². The number of carbonyl (C=O) groups excluding carboxylic acids is 1. The van der Waals surface area contributed by atoms with Gasteiger partial charge in [0, 0.05) is 11.1 Å². The van der Waals surface area contributed by atoms with E-state index in [0.29, 0.717) is 10.8 Å². The summed E-state index contributed by atoms with van der Waals surface area (Å²) in [5, 5.41) is 3.68. The topological polar surface area (TPSA) is 47.6 Å². The molecule has 1 aliphatic rings. The Kier molecular flexibility index (Phi) is 5.06. The van der Waals surface area contributed by atoms with E-state index >= 15 is 0 Å². The van der Waals surface area contributed by atoms with E-state index in [4.69, 9.17) is 21.1 Å². The summed E-state index contributed by atoms with van der Waals surface area (Å²) in [6.07, 6.45) is 4.08. The van der Waals surface area contributed by atoms with Crippen LogP contribution in [0.15, 0.2) is 48.5 Å². The molecule has 0 saturated heterocycles. The Labute approximate surface area is 146 Å². The van der Waals surface area contributed by atoms with Crippen LogP contribution in [0.1, 0.15) is 30.5 Å². The van der Waals surface area contributed by atoms with Gasteiger partial charge in [-0.3, -0.25) is 4.79 Å². The van der Waals surface area contributed by atoms with Crippen LogP contribution in [0.5, 0.6) is 11.5 Å². The van der Waals surface area contributed by atoms with Gasteiger partial charge < -0.3 is 14.8 Å². The molecule has 0 fully saturated rings. The number of hydrogen-bond acceptors (Lipinski definition) is 3. The lowest BCUT2D eigenvalue weighted by atomic mass is 10.0. The molecule has 3 rings (SSSR count). The minimum absolute atomic E-state index is 0.0452. The molecule has 124 valence electrons. The van der Waals surface area contributed by atoms with Crippen molar-refractivity contribution in [3.63, 3.8) is 0 Å². The second-order valence-electron chi connectivity index (χ2n) is 5.47. The van der Waals surface area contributed by atoms with Gasteiger partial charge in [0.25, 0.3) is 0 Å². The number of hydrogen-bond donors (Lipinski definition) is 1. The summed E-state index contributed by atoms with van der Waals surface area (Å²) in [7, 11) is 0. The zero-order valence-electron chi connectivity index (χ0n) is 13.3. The third-order valence-electron chi connectivity index (χ3n) is 3.82. The molecule has 2 aromatic rings. The van der Waals surface area contributed by atoms with Gasteiger partial charge in [0.15, 0.2) is 11.5 Å². The van der Waals surface area contributed by atoms with Gasteiger partial charge in [0.1, 0.15) is 0 Å². The predicted molar refractivity (Wildman–Crippen MR) is 94.2 cm³/mol. The van der Waals surface area contributed by atoms with Crippen molar-refractivity contribution in [2.45, 2.75) is 19.4 Å². The smallest absolute Gasteiger partial charge is 0.244 e. The molecule has 1 N–H and O–H groups in total. The molecular formula is C19H18ClNO3. The van der Waals surface area contributed by atoms with Gasteiger partial charge in [-0.2, -0.15) is 0 Å². The molecule has 0 bridgehead atoms. The third-order valence-corrected chi connectivity index (χ3v) is 4.07. The Balaban J connectivity index is 1.64. The first-order valence-corrected chi connectivity index (χ1v) is 8.17. The van der Waals surface area contributed by atoms with Gasteiger partial charge in [-0.15, -0.1) is 0 Å². The fourth-order valence-corrected chi connectivity index (χ4v) is 2.65. The van der Waals surface area contributed by atoms with E-state index in [0.717, 1.165) is 23.3 Å². The van der Waals surface area contributed by atoms with Crippen LogP contribution in [0.25, 0.3) is 6.08 Å². The van der Waals surface area contributed by atoms with E-state index in [2.05, 4.69) is 5.32 Å². The van der Waals surface area contributed by atoms with Crippen LogP contribution in [0.2, 0.25) is 5.02 Å². The molecule has 0 aromatic heterocycles. The highest BCUT2D eigenvalue weighted by molar-refractivity contribution is 6.30. The first-order chi connectivity index (χ1) is 11.7. The SMILES string of the molecule is CCC(NC(=O)/C=C/c1ccc2c(c1)OCO2)c1ccc(Cl)cc1. The van der Waals surface area contributed by atoms with Crippen molar-refractivity contribution >= 4 is 23.6 Å². The summed E-state index contributed by atoms with van der Waals surface area (Å²) in [6.45, 7) is 2.27. The zero-order valence-corrected chi connectivity index (χ0v) is 14.0. The maximum Gasteiger partial charge on any atom is 0.244 e. The fourth-order valence-electron chi connectivity index (χ4n) is 2.52. The Hall–Kier alpha value is -2.46.